The third kappa shape index (κ3) is 9.62. The molecule has 4 heterocycles. The fourth-order valence-electron chi connectivity index (χ4n) is 9.57. The van der Waals surface area contributed by atoms with Gasteiger partial charge in [0, 0.05) is 67.6 Å². The summed E-state index contributed by atoms with van der Waals surface area (Å²) in [7, 11) is -4.59. The molecule has 0 bridgehead atoms. The Kier molecular flexibility index (Phi) is 12.0. The molecule has 3 aliphatic rings. The van der Waals surface area contributed by atoms with Crippen LogP contribution in [0.3, 0.4) is 0 Å². The predicted molar refractivity (Wildman–Crippen MR) is 254 cm³/mol. The van der Waals surface area contributed by atoms with Gasteiger partial charge in [-0.05, 0) is 129 Å². The molecule has 3 aromatic carbocycles. The van der Waals surface area contributed by atoms with Crippen LogP contribution in [0.2, 0.25) is 5.02 Å². The van der Waals surface area contributed by atoms with Crippen LogP contribution in [0.1, 0.15) is 81.6 Å². The number of allylic oxidation sites excluding steroid dienone is 1. The molecule has 0 spiro atoms. The lowest BCUT2D eigenvalue weighted by molar-refractivity contribution is -0.384. The number of rotatable bonds is 12. The number of H-pyrrole nitrogens is 1. The number of nitro benzene ring substituents is 1. The summed E-state index contributed by atoms with van der Waals surface area (Å²) in [5, 5.41) is 31.9. The number of amides is 1. The highest BCUT2D eigenvalue weighted by Gasteiger charge is 2.32. The number of piperazine rings is 1. The average molecular weight is 921 g/mol. The van der Waals surface area contributed by atoms with E-state index in [9.17, 15) is 28.4 Å². The number of pyridine rings is 1. The smallest absolute Gasteiger partial charge is 0.293 e. The Morgan fingerprint density at radius 1 is 0.985 bits per heavy atom. The number of carbonyl (C=O) groups excluding carboxylic acids is 1. The second kappa shape index (κ2) is 17.5. The van der Waals surface area contributed by atoms with Gasteiger partial charge in [0.1, 0.15) is 16.9 Å². The summed E-state index contributed by atoms with van der Waals surface area (Å²) >= 11 is 6.26. The molecule has 1 saturated heterocycles. The van der Waals surface area contributed by atoms with Crippen molar-refractivity contribution in [2.24, 2.45) is 11.3 Å². The molecule has 2 aliphatic carbocycles. The zero-order valence-electron chi connectivity index (χ0n) is 36.8. The highest BCUT2D eigenvalue weighted by Crippen LogP contribution is 2.43. The first-order valence-corrected chi connectivity index (χ1v) is 24.1. The van der Waals surface area contributed by atoms with Gasteiger partial charge < -0.3 is 20.3 Å². The molecule has 9 rings (SSSR count). The van der Waals surface area contributed by atoms with E-state index in [2.05, 4.69) is 55.9 Å². The molecular weight excluding hydrogens is 866 g/mol. The van der Waals surface area contributed by atoms with Crippen LogP contribution < -0.4 is 14.9 Å². The van der Waals surface area contributed by atoms with Crippen molar-refractivity contribution in [2.45, 2.75) is 76.2 Å². The number of fused-ring (bicyclic) bond motifs is 2. The minimum Gasteiger partial charge on any atom is -0.390 e. The number of carbonyl (C=O) groups is 1. The highest BCUT2D eigenvalue weighted by atomic mass is 35.5. The topological polar surface area (TPSA) is 192 Å². The van der Waals surface area contributed by atoms with Gasteiger partial charge in [0.05, 0.1) is 38.4 Å². The Labute approximate surface area is 383 Å². The van der Waals surface area contributed by atoms with Gasteiger partial charge in [0.2, 0.25) is 0 Å². The maximum absolute atomic E-state index is 14.2. The quantitative estimate of drug-likeness (QED) is 0.0678. The molecule has 65 heavy (non-hydrogen) atoms. The van der Waals surface area contributed by atoms with Crippen LogP contribution in [-0.4, -0.2) is 93.9 Å². The van der Waals surface area contributed by atoms with Crippen LogP contribution in [0.5, 0.6) is 0 Å². The van der Waals surface area contributed by atoms with Crippen molar-refractivity contribution in [1.82, 2.24) is 29.4 Å². The summed E-state index contributed by atoms with van der Waals surface area (Å²) in [6.07, 6.45) is 9.37. The first-order valence-electron chi connectivity index (χ1n) is 22.2. The Morgan fingerprint density at radius 3 is 2.48 bits per heavy atom. The van der Waals surface area contributed by atoms with Crippen molar-refractivity contribution in [3.05, 3.63) is 117 Å². The standard InChI is InChI=1S/C48H54ClN9O6S/c1-47(2)16-14-34(39(27-47)32-4-6-35(49)7-5-32)30-55-20-22-56(23-21-55)36-8-10-38(42(25-36)57-43-24-33-15-19-50-45(33)53-41(43)29-52-57)46(59)54-65(63,64)37-9-11-40(44(26-37)58(61)62)51-28-31-12-17-48(3,60)18-13-31/h4-11,15,19,24-26,29,31,51,60H,12-14,16-18,20-23,27-28,30H2,1-3H3,(H,50,53)(H,54,59)/t31-,48+. The van der Waals surface area contributed by atoms with Gasteiger partial charge in [0.25, 0.3) is 21.6 Å². The van der Waals surface area contributed by atoms with E-state index >= 15 is 0 Å². The van der Waals surface area contributed by atoms with Crippen LogP contribution in [0.25, 0.3) is 33.3 Å². The number of aliphatic hydroxyl groups is 1. The zero-order chi connectivity index (χ0) is 45.7. The fourth-order valence-corrected chi connectivity index (χ4v) is 10.7. The maximum atomic E-state index is 14.2. The Morgan fingerprint density at radius 2 is 1.74 bits per heavy atom. The zero-order valence-corrected chi connectivity index (χ0v) is 38.4. The van der Waals surface area contributed by atoms with Gasteiger partial charge in [-0.25, -0.2) is 22.8 Å². The lowest BCUT2D eigenvalue weighted by atomic mass is 9.72. The molecule has 4 N–H and O–H groups in total. The van der Waals surface area contributed by atoms with Crippen LogP contribution in [-0.2, 0) is 10.0 Å². The SMILES string of the molecule is CC1(C)CCC(CN2CCN(c3ccc(C(=O)NS(=O)(=O)c4ccc(NC[C@H]5CC[C@@](C)(O)CC5)c([N+](=O)[O-])c4)c(-n4ncc5nc6[nH]ccc6cc54)c3)CC2)=C(c2ccc(Cl)cc2)C1. The lowest BCUT2D eigenvalue weighted by Gasteiger charge is -2.39. The summed E-state index contributed by atoms with van der Waals surface area (Å²) in [4.78, 5) is 38.0. The number of aromatic amines is 1. The van der Waals surface area contributed by atoms with Crippen molar-refractivity contribution in [1.29, 1.82) is 0 Å². The van der Waals surface area contributed by atoms with Crippen LogP contribution in [0.15, 0.2) is 95.7 Å². The summed E-state index contributed by atoms with van der Waals surface area (Å²) in [6.45, 7) is 10.9. The Balaban J connectivity index is 0.965. The van der Waals surface area contributed by atoms with Crippen LogP contribution in [0, 0.1) is 21.4 Å². The largest absolute Gasteiger partial charge is 0.390 e. The number of sulfonamides is 1. The predicted octanol–water partition coefficient (Wildman–Crippen LogP) is 8.72. The van der Waals surface area contributed by atoms with Crippen molar-refractivity contribution in [3.63, 3.8) is 0 Å². The van der Waals surface area contributed by atoms with E-state index in [1.165, 1.54) is 28.8 Å². The average Bonchev–Trinajstić information content (AvgIpc) is 3.92. The summed E-state index contributed by atoms with van der Waals surface area (Å²) < 4.78 is 31.5. The number of nitrogens with one attached hydrogen (secondary N) is 3. The van der Waals surface area contributed by atoms with Gasteiger partial charge in [-0.1, -0.05) is 43.2 Å². The minimum atomic E-state index is -4.59. The summed E-state index contributed by atoms with van der Waals surface area (Å²) in [5.74, 6) is -0.722. The minimum absolute atomic E-state index is 0.0382. The number of hydrogen-bond donors (Lipinski definition) is 4. The second-order valence-corrected chi connectivity index (χ2v) is 21.1. The molecule has 3 aromatic heterocycles. The van der Waals surface area contributed by atoms with Crippen LogP contribution in [0.4, 0.5) is 17.1 Å². The third-order valence-corrected chi connectivity index (χ3v) is 15.1. The number of nitrogens with zero attached hydrogens (tertiary/aromatic N) is 6. The van der Waals surface area contributed by atoms with E-state index < -0.39 is 37.0 Å². The van der Waals surface area contributed by atoms with E-state index in [0.29, 0.717) is 41.8 Å². The molecule has 1 saturated carbocycles. The Bertz CT molecular complexity index is 2930. The van der Waals surface area contributed by atoms with Crippen molar-refractivity contribution in [2.75, 3.05) is 49.5 Å². The van der Waals surface area contributed by atoms with E-state index in [-0.39, 0.29) is 22.6 Å². The number of nitro groups is 1. The molecule has 2 fully saturated rings. The number of benzene rings is 3. The van der Waals surface area contributed by atoms with E-state index in [0.717, 1.165) is 87.0 Å². The molecule has 17 heteroatoms. The summed E-state index contributed by atoms with van der Waals surface area (Å²) in [5.41, 5.74) is 6.46. The van der Waals surface area contributed by atoms with Gasteiger partial charge in [0.15, 0.2) is 0 Å². The van der Waals surface area contributed by atoms with Crippen molar-refractivity contribution in [3.8, 4) is 5.69 Å². The first kappa shape index (κ1) is 44.4. The molecule has 0 radical (unpaired) electrons. The highest BCUT2D eigenvalue weighted by molar-refractivity contribution is 7.90. The monoisotopic (exact) mass is 919 g/mol. The Hall–Kier alpha value is -5.81. The summed E-state index contributed by atoms with van der Waals surface area (Å²) in [6, 6.07) is 20.8. The normalized spacial score (nSPS) is 20.6. The molecule has 1 aliphatic heterocycles. The number of halogens is 1. The van der Waals surface area contributed by atoms with E-state index in [1.54, 1.807) is 23.1 Å². The van der Waals surface area contributed by atoms with Crippen molar-refractivity contribution < 1.29 is 23.2 Å². The van der Waals surface area contributed by atoms with Gasteiger partial charge >= 0.3 is 0 Å². The first-order chi connectivity index (χ1) is 31.0. The molecule has 0 unspecified atom stereocenters. The van der Waals surface area contributed by atoms with Gasteiger partial charge in [-0.3, -0.25) is 19.8 Å². The lowest BCUT2D eigenvalue weighted by Crippen LogP contribution is -2.47. The van der Waals surface area contributed by atoms with Gasteiger partial charge in [-0.15, -0.1) is 0 Å². The van der Waals surface area contributed by atoms with Gasteiger partial charge in [-0.2, -0.15) is 5.10 Å². The molecule has 1 amide bonds. The molecule has 15 nitrogen and oxygen atoms in total. The van der Waals surface area contributed by atoms with E-state index in [4.69, 9.17) is 16.6 Å². The number of aromatic nitrogens is 4. The number of hydrogen-bond acceptors (Lipinski definition) is 11. The number of anilines is 2. The fraction of sp³-hybridized carbons (Fsp3) is 0.396. The second-order valence-electron chi connectivity index (χ2n) is 19.0. The maximum Gasteiger partial charge on any atom is 0.293 e. The molecule has 6 aromatic rings. The molecule has 0 atom stereocenters. The molecular formula is C48H54ClN9O6S. The van der Waals surface area contributed by atoms with Crippen LogP contribution >= 0.6 is 11.6 Å². The van der Waals surface area contributed by atoms with E-state index in [1.807, 2.05) is 43.3 Å². The van der Waals surface area contributed by atoms with Crippen molar-refractivity contribution >= 4 is 72.2 Å². The molecule has 340 valence electrons. The third-order valence-electron chi connectivity index (χ3n) is 13.5.